The van der Waals surface area contributed by atoms with Crippen molar-refractivity contribution in [3.05, 3.63) is 107 Å². The number of ether oxygens (including phenoxy) is 2. The molecule has 11 nitrogen and oxygen atoms in total. The maximum absolute atomic E-state index is 14.5. The van der Waals surface area contributed by atoms with Gasteiger partial charge in [-0.25, -0.2) is 4.79 Å². The van der Waals surface area contributed by atoms with Gasteiger partial charge in [-0.05, 0) is 68.1 Å². The van der Waals surface area contributed by atoms with E-state index in [0.29, 0.717) is 30.4 Å². The monoisotopic (exact) mass is 787 g/mol. The number of carbonyl (C=O) groups excluding carboxylic acids is 4. The minimum absolute atomic E-state index is 0.0162. The average Bonchev–Trinajstić information content (AvgIpc) is 3.61. The van der Waals surface area contributed by atoms with Crippen LogP contribution >= 0.6 is 0 Å². The van der Waals surface area contributed by atoms with Crippen LogP contribution in [0.4, 0.5) is 18.0 Å². The van der Waals surface area contributed by atoms with Crippen LogP contribution in [0.5, 0.6) is 5.75 Å². The number of hydrogen-bond donors (Lipinski definition) is 1. The zero-order valence-corrected chi connectivity index (χ0v) is 31.9. The molecule has 4 atom stereocenters. The van der Waals surface area contributed by atoms with Crippen molar-refractivity contribution < 1.29 is 41.8 Å². The average molecular weight is 788 g/mol. The van der Waals surface area contributed by atoms with E-state index in [2.05, 4.69) is 10.2 Å². The zero-order chi connectivity index (χ0) is 40.1. The Kier molecular flexibility index (Phi) is 12.2. The minimum atomic E-state index is -4.58. The van der Waals surface area contributed by atoms with Crippen LogP contribution in [0, 0.1) is 0 Å². The number of nitrogens with zero attached hydrogens (tertiary/aromatic N) is 4. The van der Waals surface area contributed by atoms with Gasteiger partial charge < -0.3 is 29.5 Å². The van der Waals surface area contributed by atoms with E-state index < -0.39 is 53.8 Å². The third-order valence-corrected chi connectivity index (χ3v) is 11.6. The lowest BCUT2D eigenvalue weighted by Gasteiger charge is -2.52. The van der Waals surface area contributed by atoms with Gasteiger partial charge in [-0.3, -0.25) is 19.3 Å². The van der Waals surface area contributed by atoms with Crippen LogP contribution in [-0.2, 0) is 31.8 Å². The van der Waals surface area contributed by atoms with E-state index in [1.54, 1.807) is 23.1 Å². The molecule has 4 amide bonds. The summed E-state index contributed by atoms with van der Waals surface area (Å²) in [5.41, 5.74) is 0.788. The fourth-order valence-corrected chi connectivity index (χ4v) is 8.58. The van der Waals surface area contributed by atoms with Gasteiger partial charge >= 0.3 is 12.3 Å². The molecule has 4 aliphatic rings. The summed E-state index contributed by atoms with van der Waals surface area (Å²) in [4.78, 5) is 63.3. The molecule has 0 spiro atoms. The van der Waals surface area contributed by atoms with Gasteiger partial charge in [0.1, 0.15) is 24.4 Å². The highest BCUT2D eigenvalue weighted by Gasteiger charge is 2.58. The molecule has 4 saturated heterocycles. The number of cyclic esters (lactones) is 1. The molecule has 4 heterocycles. The van der Waals surface area contributed by atoms with Gasteiger partial charge in [0.05, 0.1) is 31.2 Å². The predicted octanol–water partition coefficient (Wildman–Crippen LogP) is 6.05. The zero-order valence-electron chi connectivity index (χ0n) is 31.9. The first-order chi connectivity index (χ1) is 27.5. The molecular weight excluding hydrogens is 739 g/mol. The number of piperidine rings is 2. The molecule has 57 heavy (non-hydrogen) atoms. The number of nitrogens with one attached hydrogen (secondary N) is 1. The van der Waals surface area contributed by atoms with Gasteiger partial charge in [-0.1, -0.05) is 79.2 Å². The van der Waals surface area contributed by atoms with Crippen molar-refractivity contribution in [1.29, 1.82) is 0 Å². The number of benzene rings is 3. The Morgan fingerprint density at radius 3 is 2.37 bits per heavy atom. The lowest BCUT2D eigenvalue weighted by Crippen LogP contribution is -2.74. The molecule has 4 aliphatic heterocycles. The van der Waals surface area contributed by atoms with E-state index in [-0.39, 0.29) is 31.0 Å². The molecule has 0 aromatic heterocycles. The molecular formula is C43H48F3N5O6. The lowest BCUT2D eigenvalue weighted by atomic mass is 9.87. The van der Waals surface area contributed by atoms with Gasteiger partial charge in [-0.2, -0.15) is 13.2 Å². The van der Waals surface area contributed by atoms with E-state index >= 15 is 0 Å². The number of alkyl halides is 3. The van der Waals surface area contributed by atoms with Crippen LogP contribution in [0.25, 0.3) is 6.08 Å². The van der Waals surface area contributed by atoms with E-state index in [0.717, 1.165) is 56.5 Å². The number of amides is 4. The van der Waals surface area contributed by atoms with Crippen LogP contribution in [0.3, 0.4) is 0 Å². The molecule has 0 aliphatic carbocycles. The largest absolute Gasteiger partial charge is 0.496 e. The van der Waals surface area contributed by atoms with Gasteiger partial charge in [0.25, 0.3) is 0 Å². The summed E-state index contributed by atoms with van der Waals surface area (Å²) in [7, 11) is 1.53. The van der Waals surface area contributed by atoms with Crippen LogP contribution in [-0.4, -0.2) is 107 Å². The lowest BCUT2D eigenvalue weighted by molar-refractivity contribution is -0.164. The van der Waals surface area contributed by atoms with Gasteiger partial charge in [0.2, 0.25) is 17.7 Å². The number of carbonyl (C=O) groups is 4. The minimum Gasteiger partial charge on any atom is -0.496 e. The summed E-state index contributed by atoms with van der Waals surface area (Å²) in [6.07, 6.45) is 3.00. The normalized spacial score (nSPS) is 22.7. The van der Waals surface area contributed by atoms with Crippen molar-refractivity contribution >= 4 is 29.9 Å². The van der Waals surface area contributed by atoms with E-state index in [1.165, 1.54) is 35.5 Å². The highest BCUT2D eigenvalue weighted by atomic mass is 19.4. The summed E-state index contributed by atoms with van der Waals surface area (Å²) < 4.78 is 51.6. The summed E-state index contributed by atoms with van der Waals surface area (Å²) in [6.45, 7) is 2.85. The van der Waals surface area contributed by atoms with Crippen molar-refractivity contribution in [2.45, 2.75) is 81.5 Å². The summed E-state index contributed by atoms with van der Waals surface area (Å²) in [6, 6.07) is 17.5. The second-order valence-corrected chi connectivity index (χ2v) is 15.0. The van der Waals surface area contributed by atoms with Gasteiger partial charge in [0.15, 0.2) is 0 Å². The van der Waals surface area contributed by atoms with Gasteiger partial charge in [0, 0.05) is 31.2 Å². The Labute approximate surface area is 330 Å². The maximum Gasteiger partial charge on any atom is 0.416 e. The fraction of sp³-hybridized carbons (Fsp3) is 0.442. The Morgan fingerprint density at radius 2 is 1.65 bits per heavy atom. The van der Waals surface area contributed by atoms with Crippen molar-refractivity contribution in [1.82, 2.24) is 24.9 Å². The van der Waals surface area contributed by atoms with Crippen molar-refractivity contribution in [3.8, 4) is 5.75 Å². The first kappa shape index (κ1) is 39.8. The molecule has 1 N–H and O–H groups in total. The van der Waals surface area contributed by atoms with Crippen molar-refractivity contribution in [2.75, 3.05) is 39.9 Å². The summed E-state index contributed by atoms with van der Waals surface area (Å²) >= 11 is 0. The van der Waals surface area contributed by atoms with E-state index in [1.807, 2.05) is 48.5 Å². The number of halogens is 3. The number of rotatable bonds is 12. The fourth-order valence-electron chi connectivity index (χ4n) is 8.58. The standard InChI is InChI=1S/C43H48F3N5O6/c1-56-37-16-7-6-14-31(37)17-18-34-39(51-36(28-57-42(51)55)30-12-4-2-5-13-30)41(54)50(34)35(40(53)47-27-29-11-10-15-32(25-29)43(44,45)46)26-38(52)49-23-19-33(20-24-49)48-21-8-3-9-22-48/h2,4-7,10-18,25,33-36,39H,3,8-9,19-24,26-28H2,1H3,(H,47,53)/t34?,35?,36-,39?/m1/s1. The number of β-lactam (4-membered cyclic amide) rings is 1. The molecule has 3 aromatic rings. The molecule has 0 saturated carbocycles. The second-order valence-electron chi connectivity index (χ2n) is 15.0. The number of para-hydroxylation sites is 1. The molecule has 302 valence electrons. The van der Waals surface area contributed by atoms with E-state index in [9.17, 15) is 32.3 Å². The number of hydrogen-bond acceptors (Lipinski definition) is 7. The summed E-state index contributed by atoms with van der Waals surface area (Å²) in [5, 5.41) is 2.72. The molecule has 7 rings (SSSR count). The Morgan fingerprint density at radius 1 is 0.930 bits per heavy atom. The highest BCUT2D eigenvalue weighted by Crippen LogP contribution is 2.39. The van der Waals surface area contributed by atoms with Crippen LogP contribution in [0.15, 0.2) is 84.9 Å². The molecule has 3 aromatic carbocycles. The molecule has 14 heteroatoms. The smallest absolute Gasteiger partial charge is 0.416 e. The Balaban J connectivity index is 1.19. The molecule has 0 radical (unpaired) electrons. The highest BCUT2D eigenvalue weighted by molar-refractivity contribution is 5.99. The molecule has 0 bridgehead atoms. The van der Waals surface area contributed by atoms with Crippen molar-refractivity contribution in [2.24, 2.45) is 0 Å². The van der Waals surface area contributed by atoms with Gasteiger partial charge in [-0.15, -0.1) is 0 Å². The van der Waals surface area contributed by atoms with Crippen LogP contribution < -0.4 is 10.1 Å². The first-order valence-corrected chi connectivity index (χ1v) is 19.6. The van der Waals surface area contributed by atoms with Crippen LogP contribution in [0.1, 0.15) is 66.8 Å². The molecule has 4 fully saturated rings. The van der Waals surface area contributed by atoms with E-state index in [4.69, 9.17) is 9.47 Å². The SMILES string of the molecule is COc1ccccc1C=CC1C(N2C(=O)OC[C@@H]2c2ccccc2)C(=O)N1C(CC(=O)N1CCC(N2CCCCC2)CC1)C(=O)NCc1cccc(C(F)(F)F)c1. The topological polar surface area (TPSA) is 112 Å². The third-order valence-electron chi connectivity index (χ3n) is 11.6. The third kappa shape index (κ3) is 8.80. The van der Waals surface area contributed by atoms with Crippen LogP contribution in [0.2, 0.25) is 0 Å². The Bertz CT molecular complexity index is 1950. The Hall–Kier alpha value is -5.37. The number of likely N-dealkylation sites (tertiary alicyclic amines) is 3. The summed E-state index contributed by atoms with van der Waals surface area (Å²) in [5.74, 6) is -1.00. The first-order valence-electron chi connectivity index (χ1n) is 19.6. The maximum atomic E-state index is 14.5. The molecule has 3 unspecified atom stereocenters. The number of methoxy groups -OCH3 is 1. The predicted molar refractivity (Wildman–Crippen MR) is 206 cm³/mol. The second kappa shape index (κ2) is 17.4. The van der Waals surface area contributed by atoms with Crippen molar-refractivity contribution in [3.63, 3.8) is 0 Å². The quantitative estimate of drug-likeness (QED) is 0.223.